The minimum atomic E-state index is -0.130. The number of nitrogens with one attached hydrogen (secondary N) is 1. The van der Waals surface area contributed by atoms with E-state index < -0.39 is 0 Å². The number of likely N-dealkylation sites (N-methyl/N-ethyl adjacent to an activating group) is 1. The topological polar surface area (TPSA) is 44.8 Å². The standard InChI is InChI=1S/C24H29N3O2/c1-26(2)21-12-9-19(10-13-21)23(27(3)4)16-25-24(28)17-29-22-14-11-18-7-5-6-8-20(18)15-22/h5-15,23H,16-17H2,1-4H3,(H,25,28)/t23-/m1/s1. The van der Waals surface area contributed by atoms with Crippen molar-refractivity contribution in [2.45, 2.75) is 6.04 Å². The maximum Gasteiger partial charge on any atom is 0.258 e. The van der Waals surface area contributed by atoms with Crippen LogP contribution in [0.1, 0.15) is 11.6 Å². The van der Waals surface area contributed by atoms with Crippen molar-refractivity contribution >= 4 is 22.4 Å². The number of hydrogen-bond acceptors (Lipinski definition) is 4. The van der Waals surface area contributed by atoms with Crippen LogP contribution in [0.15, 0.2) is 66.7 Å². The molecule has 0 saturated carbocycles. The molecule has 3 rings (SSSR count). The molecule has 0 fully saturated rings. The lowest BCUT2D eigenvalue weighted by Gasteiger charge is -2.25. The highest BCUT2D eigenvalue weighted by molar-refractivity contribution is 5.84. The fourth-order valence-corrected chi connectivity index (χ4v) is 3.26. The number of hydrogen-bond donors (Lipinski definition) is 1. The second kappa shape index (κ2) is 9.43. The third kappa shape index (κ3) is 5.48. The number of anilines is 1. The first-order valence-corrected chi connectivity index (χ1v) is 9.76. The molecule has 0 heterocycles. The second-order valence-corrected chi connectivity index (χ2v) is 7.57. The molecule has 0 spiro atoms. The van der Waals surface area contributed by atoms with Gasteiger partial charge in [0.2, 0.25) is 0 Å². The average Bonchev–Trinajstić information content (AvgIpc) is 2.72. The van der Waals surface area contributed by atoms with Crippen LogP contribution in [-0.2, 0) is 4.79 Å². The normalized spacial score (nSPS) is 12.0. The summed E-state index contributed by atoms with van der Waals surface area (Å²) in [5.74, 6) is 0.567. The summed E-state index contributed by atoms with van der Waals surface area (Å²) in [5.41, 5.74) is 2.32. The van der Waals surface area contributed by atoms with Gasteiger partial charge in [-0.1, -0.05) is 42.5 Å². The number of benzene rings is 3. The quantitative estimate of drug-likeness (QED) is 0.636. The first kappa shape index (κ1) is 20.7. The molecule has 0 aliphatic heterocycles. The summed E-state index contributed by atoms with van der Waals surface area (Å²) in [6, 6.07) is 22.4. The molecular formula is C24H29N3O2. The number of amides is 1. The van der Waals surface area contributed by atoms with Gasteiger partial charge in [-0.3, -0.25) is 4.79 Å². The van der Waals surface area contributed by atoms with E-state index in [-0.39, 0.29) is 18.6 Å². The Kier molecular flexibility index (Phi) is 6.73. The van der Waals surface area contributed by atoms with E-state index in [1.807, 2.05) is 64.6 Å². The Bertz CT molecular complexity index is 952. The van der Waals surface area contributed by atoms with E-state index >= 15 is 0 Å². The fourth-order valence-electron chi connectivity index (χ4n) is 3.26. The number of carbonyl (C=O) groups is 1. The summed E-state index contributed by atoms with van der Waals surface area (Å²) in [7, 11) is 8.08. The molecule has 0 aliphatic rings. The van der Waals surface area contributed by atoms with Crippen molar-refractivity contribution in [1.82, 2.24) is 10.2 Å². The molecule has 3 aromatic carbocycles. The summed E-state index contributed by atoms with van der Waals surface area (Å²) in [6.07, 6.45) is 0. The molecule has 0 radical (unpaired) electrons. The third-order valence-electron chi connectivity index (χ3n) is 5.00. The van der Waals surface area contributed by atoms with Gasteiger partial charge in [-0.05, 0) is 54.7 Å². The molecule has 0 bridgehead atoms. The summed E-state index contributed by atoms with van der Waals surface area (Å²) in [4.78, 5) is 16.5. The largest absolute Gasteiger partial charge is 0.484 e. The first-order chi connectivity index (χ1) is 13.9. The van der Waals surface area contributed by atoms with Gasteiger partial charge < -0.3 is 19.9 Å². The summed E-state index contributed by atoms with van der Waals surface area (Å²) >= 11 is 0. The Morgan fingerprint density at radius 2 is 1.62 bits per heavy atom. The second-order valence-electron chi connectivity index (χ2n) is 7.57. The molecule has 152 valence electrons. The fraction of sp³-hybridized carbons (Fsp3) is 0.292. The van der Waals surface area contributed by atoms with Crippen LogP contribution in [0.4, 0.5) is 5.69 Å². The molecule has 5 heteroatoms. The smallest absolute Gasteiger partial charge is 0.258 e. The van der Waals surface area contributed by atoms with Gasteiger partial charge in [-0.25, -0.2) is 0 Å². The Labute approximate surface area is 172 Å². The lowest BCUT2D eigenvalue weighted by atomic mass is 10.1. The summed E-state index contributed by atoms with van der Waals surface area (Å²) in [6.45, 7) is 0.520. The maximum absolute atomic E-state index is 12.3. The van der Waals surface area contributed by atoms with Gasteiger partial charge in [-0.2, -0.15) is 0 Å². The van der Waals surface area contributed by atoms with Crippen molar-refractivity contribution in [1.29, 1.82) is 0 Å². The highest BCUT2D eigenvalue weighted by Crippen LogP contribution is 2.22. The maximum atomic E-state index is 12.3. The Hall–Kier alpha value is -3.05. The average molecular weight is 392 g/mol. The van der Waals surface area contributed by atoms with Crippen LogP contribution in [0.3, 0.4) is 0 Å². The lowest BCUT2D eigenvalue weighted by molar-refractivity contribution is -0.123. The molecular weight excluding hydrogens is 362 g/mol. The van der Waals surface area contributed by atoms with E-state index in [1.54, 1.807) is 0 Å². The third-order valence-corrected chi connectivity index (χ3v) is 5.00. The van der Waals surface area contributed by atoms with E-state index in [1.165, 1.54) is 0 Å². The summed E-state index contributed by atoms with van der Waals surface area (Å²) in [5, 5.41) is 5.24. The first-order valence-electron chi connectivity index (χ1n) is 9.76. The van der Waals surface area contributed by atoms with Gasteiger partial charge in [0, 0.05) is 26.3 Å². The van der Waals surface area contributed by atoms with Crippen LogP contribution in [-0.4, -0.2) is 52.1 Å². The Morgan fingerprint density at radius 3 is 2.28 bits per heavy atom. The van der Waals surface area contributed by atoms with Crippen molar-refractivity contribution in [2.75, 3.05) is 46.2 Å². The van der Waals surface area contributed by atoms with Gasteiger partial charge >= 0.3 is 0 Å². The number of nitrogens with zero attached hydrogens (tertiary/aromatic N) is 2. The van der Waals surface area contributed by atoms with Crippen molar-refractivity contribution in [3.8, 4) is 5.75 Å². The molecule has 0 aliphatic carbocycles. The molecule has 29 heavy (non-hydrogen) atoms. The molecule has 1 atom stereocenters. The minimum Gasteiger partial charge on any atom is -0.484 e. The van der Waals surface area contributed by atoms with Gasteiger partial charge in [0.15, 0.2) is 6.61 Å². The zero-order valence-corrected chi connectivity index (χ0v) is 17.6. The van der Waals surface area contributed by atoms with Crippen LogP contribution < -0.4 is 15.0 Å². The van der Waals surface area contributed by atoms with E-state index in [9.17, 15) is 4.79 Å². The predicted molar refractivity (Wildman–Crippen MR) is 120 cm³/mol. The van der Waals surface area contributed by atoms with Crippen molar-refractivity contribution in [3.05, 3.63) is 72.3 Å². The molecule has 5 nitrogen and oxygen atoms in total. The van der Waals surface area contributed by atoms with Crippen LogP contribution in [0.2, 0.25) is 0 Å². The van der Waals surface area contributed by atoms with Crippen LogP contribution in [0.5, 0.6) is 5.75 Å². The number of ether oxygens (including phenoxy) is 1. The molecule has 0 saturated heterocycles. The Balaban J connectivity index is 1.55. The van der Waals surface area contributed by atoms with Gasteiger partial charge in [0.25, 0.3) is 5.91 Å². The lowest BCUT2D eigenvalue weighted by Crippen LogP contribution is -2.36. The van der Waals surface area contributed by atoms with Gasteiger partial charge in [0.05, 0.1) is 6.04 Å². The number of carbonyl (C=O) groups excluding carboxylic acids is 1. The number of fused-ring (bicyclic) bond motifs is 1. The monoisotopic (exact) mass is 391 g/mol. The Morgan fingerprint density at radius 1 is 0.931 bits per heavy atom. The van der Waals surface area contributed by atoms with Crippen molar-refractivity contribution < 1.29 is 9.53 Å². The molecule has 1 amide bonds. The van der Waals surface area contributed by atoms with E-state index in [2.05, 4.69) is 45.4 Å². The molecule has 0 unspecified atom stereocenters. The highest BCUT2D eigenvalue weighted by Gasteiger charge is 2.16. The zero-order valence-electron chi connectivity index (χ0n) is 17.6. The van der Waals surface area contributed by atoms with Gasteiger partial charge in [0.1, 0.15) is 5.75 Å². The molecule has 0 aromatic heterocycles. The van der Waals surface area contributed by atoms with E-state index in [4.69, 9.17) is 4.74 Å². The molecule has 3 aromatic rings. The van der Waals surface area contributed by atoms with E-state index in [0.29, 0.717) is 12.3 Å². The highest BCUT2D eigenvalue weighted by atomic mass is 16.5. The zero-order chi connectivity index (χ0) is 20.8. The van der Waals surface area contributed by atoms with Crippen LogP contribution >= 0.6 is 0 Å². The van der Waals surface area contributed by atoms with Gasteiger partial charge in [-0.15, -0.1) is 0 Å². The number of rotatable bonds is 8. The van der Waals surface area contributed by atoms with E-state index in [0.717, 1.165) is 22.0 Å². The SMILES string of the molecule is CN(C)c1ccc([C@@H](CNC(=O)COc2ccc3ccccc3c2)N(C)C)cc1. The molecule has 1 N–H and O–H groups in total. The van der Waals surface area contributed by atoms with Crippen LogP contribution in [0, 0.1) is 0 Å². The van der Waals surface area contributed by atoms with Crippen molar-refractivity contribution in [3.63, 3.8) is 0 Å². The van der Waals surface area contributed by atoms with Crippen LogP contribution in [0.25, 0.3) is 10.8 Å². The minimum absolute atomic E-state index is 0.00193. The predicted octanol–water partition coefficient (Wildman–Crippen LogP) is 3.70. The van der Waals surface area contributed by atoms with Crippen molar-refractivity contribution in [2.24, 2.45) is 0 Å². The summed E-state index contributed by atoms with van der Waals surface area (Å²) < 4.78 is 5.69.